The molecule has 3 atom stereocenters. The average molecular weight is 581 g/mol. The van der Waals surface area contributed by atoms with E-state index in [1.807, 2.05) is 60.7 Å². The number of pyridine rings is 1. The number of thioether (sulfide) groups is 1. The SMILES string of the molecule is O=S(=O)(NCc1ccc(C2O[C@H](CSCCO)C[C@H](c3ccc(CO)cc3)O2)cc1)c1cccc2cccnc12. The smallest absolute Gasteiger partial charge is 0.243 e. The van der Waals surface area contributed by atoms with Crippen molar-refractivity contribution >= 4 is 32.7 Å². The molecule has 0 saturated carbocycles. The van der Waals surface area contributed by atoms with Crippen LogP contribution in [0.15, 0.2) is 90.0 Å². The Balaban J connectivity index is 1.28. The minimum Gasteiger partial charge on any atom is -0.396 e. The molecule has 0 radical (unpaired) electrons. The lowest BCUT2D eigenvalue weighted by Gasteiger charge is -2.36. The van der Waals surface area contributed by atoms with E-state index in [4.69, 9.17) is 9.47 Å². The standard InChI is InChI=1S/C30H32N2O6S2/c33-15-16-39-20-26-17-27(23-10-8-22(19-34)9-11-23)38-30(37-26)25-12-6-21(7-13-25)18-32-40(35,36)28-5-1-3-24-4-2-14-31-29(24)28/h1-14,26-27,30,32-34H,15-20H2/t26-,27+,30?/m0/s1. The lowest BCUT2D eigenvalue weighted by molar-refractivity contribution is -0.245. The number of aliphatic hydroxyl groups is 2. The molecule has 0 amide bonds. The summed E-state index contributed by atoms with van der Waals surface area (Å²) in [6.07, 6.45) is 1.41. The lowest BCUT2D eigenvalue weighted by Crippen LogP contribution is -2.31. The topological polar surface area (TPSA) is 118 Å². The molecule has 1 aliphatic heterocycles. The molecule has 210 valence electrons. The molecule has 10 heteroatoms. The van der Waals surface area contributed by atoms with Gasteiger partial charge >= 0.3 is 0 Å². The van der Waals surface area contributed by atoms with Gasteiger partial charge in [-0.05, 0) is 28.8 Å². The maximum atomic E-state index is 13.1. The summed E-state index contributed by atoms with van der Waals surface area (Å²) >= 11 is 1.64. The first-order valence-corrected chi connectivity index (χ1v) is 15.7. The molecule has 1 unspecified atom stereocenters. The molecule has 1 fully saturated rings. The predicted molar refractivity (Wildman–Crippen MR) is 155 cm³/mol. The minimum absolute atomic E-state index is 0.0146. The van der Waals surface area contributed by atoms with Crippen molar-refractivity contribution in [2.75, 3.05) is 18.1 Å². The molecule has 40 heavy (non-hydrogen) atoms. The number of para-hydroxylation sites is 1. The second kappa shape index (κ2) is 13.2. The molecule has 0 bridgehead atoms. The lowest BCUT2D eigenvalue weighted by atomic mass is 10.0. The van der Waals surface area contributed by atoms with Gasteiger partial charge in [0.1, 0.15) is 4.90 Å². The second-order valence-corrected chi connectivity index (χ2v) is 12.4. The highest BCUT2D eigenvalue weighted by molar-refractivity contribution is 7.99. The van der Waals surface area contributed by atoms with Gasteiger partial charge in [0.05, 0.1) is 30.9 Å². The van der Waals surface area contributed by atoms with E-state index in [2.05, 4.69) is 9.71 Å². The van der Waals surface area contributed by atoms with E-state index in [-0.39, 0.29) is 36.9 Å². The van der Waals surface area contributed by atoms with Crippen LogP contribution in [0.2, 0.25) is 0 Å². The van der Waals surface area contributed by atoms with Crippen LogP contribution in [0.1, 0.15) is 41.1 Å². The van der Waals surface area contributed by atoms with Gasteiger partial charge in [-0.2, -0.15) is 11.8 Å². The van der Waals surface area contributed by atoms with Crippen molar-refractivity contribution in [3.05, 3.63) is 107 Å². The number of hydrogen-bond donors (Lipinski definition) is 3. The van der Waals surface area contributed by atoms with Crippen molar-refractivity contribution in [2.24, 2.45) is 0 Å². The molecule has 8 nitrogen and oxygen atoms in total. The first kappa shape index (κ1) is 28.7. The molecule has 1 saturated heterocycles. The number of sulfonamides is 1. The van der Waals surface area contributed by atoms with Crippen LogP contribution in [0.5, 0.6) is 0 Å². The number of aromatic nitrogens is 1. The first-order valence-electron chi connectivity index (χ1n) is 13.1. The van der Waals surface area contributed by atoms with Gasteiger partial charge in [0.2, 0.25) is 10.0 Å². The summed E-state index contributed by atoms with van der Waals surface area (Å²) in [6, 6.07) is 23.9. The fourth-order valence-corrected chi connectivity index (χ4v) is 6.61. The number of aliphatic hydroxyl groups excluding tert-OH is 2. The Morgan fingerprint density at radius 2 is 1.62 bits per heavy atom. The number of rotatable bonds is 11. The van der Waals surface area contributed by atoms with Crippen LogP contribution in [0.3, 0.4) is 0 Å². The Morgan fingerprint density at radius 3 is 2.38 bits per heavy atom. The van der Waals surface area contributed by atoms with Gasteiger partial charge in [0.25, 0.3) is 0 Å². The van der Waals surface area contributed by atoms with Gasteiger partial charge in [-0.1, -0.05) is 66.7 Å². The van der Waals surface area contributed by atoms with E-state index < -0.39 is 16.3 Å². The highest BCUT2D eigenvalue weighted by Crippen LogP contribution is 2.38. The zero-order valence-corrected chi connectivity index (χ0v) is 23.5. The number of nitrogens with one attached hydrogen (secondary N) is 1. The minimum atomic E-state index is -3.77. The van der Waals surface area contributed by atoms with E-state index in [1.54, 1.807) is 36.2 Å². The van der Waals surface area contributed by atoms with Crippen molar-refractivity contribution < 1.29 is 28.1 Å². The molecule has 3 aromatic carbocycles. The monoisotopic (exact) mass is 580 g/mol. The molecular weight excluding hydrogens is 548 g/mol. The molecule has 4 aromatic rings. The maximum absolute atomic E-state index is 13.1. The van der Waals surface area contributed by atoms with Crippen LogP contribution in [-0.4, -0.2) is 47.8 Å². The van der Waals surface area contributed by atoms with E-state index in [9.17, 15) is 18.6 Å². The fraction of sp³-hybridized carbons (Fsp3) is 0.300. The van der Waals surface area contributed by atoms with E-state index >= 15 is 0 Å². The zero-order chi connectivity index (χ0) is 28.0. The Bertz CT molecular complexity index is 1510. The van der Waals surface area contributed by atoms with Gasteiger partial charge in [-0.3, -0.25) is 4.98 Å². The summed E-state index contributed by atoms with van der Waals surface area (Å²) < 4.78 is 41.5. The van der Waals surface area contributed by atoms with Gasteiger partial charge in [0.15, 0.2) is 6.29 Å². The molecule has 1 aromatic heterocycles. The quantitative estimate of drug-likeness (QED) is 0.222. The summed E-state index contributed by atoms with van der Waals surface area (Å²) in [5.74, 6) is 1.37. The number of nitrogens with zero attached hydrogens (tertiary/aromatic N) is 1. The highest BCUT2D eigenvalue weighted by atomic mass is 32.2. The maximum Gasteiger partial charge on any atom is 0.243 e. The van der Waals surface area contributed by atoms with Crippen molar-refractivity contribution in [2.45, 2.75) is 43.0 Å². The van der Waals surface area contributed by atoms with Crippen LogP contribution in [-0.2, 0) is 32.6 Å². The Kier molecular flexibility index (Phi) is 9.48. The van der Waals surface area contributed by atoms with Crippen LogP contribution < -0.4 is 4.72 Å². The summed E-state index contributed by atoms with van der Waals surface area (Å²) in [5.41, 5.74) is 3.91. The fourth-order valence-electron chi connectivity index (χ4n) is 4.64. The van der Waals surface area contributed by atoms with Crippen molar-refractivity contribution in [1.82, 2.24) is 9.71 Å². The summed E-state index contributed by atoms with van der Waals surface area (Å²) in [4.78, 5) is 4.41. The molecule has 0 spiro atoms. The van der Waals surface area contributed by atoms with E-state index in [0.717, 1.165) is 33.4 Å². The number of ether oxygens (including phenoxy) is 2. The second-order valence-electron chi connectivity index (χ2n) is 9.55. The third kappa shape index (κ3) is 6.90. The van der Waals surface area contributed by atoms with Crippen molar-refractivity contribution in [3.63, 3.8) is 0 Å². The van der Waals surface area contributed by atoms with Gasteiger partial charge < -0.3 is 19.7 Å². The highest BCUT2D eigenvalue weighted by Gasteiger charge is 2.32. The zero-order valence-electron chi connectivity index (χ0n) is 21.8. The Morgan fingerprint density at radius 1 is 0.900 bits per heavy atom. The average Bonchev–Trinajstić information content (AvgIpc) is 3.00. The molecule has 5 rings (SSSR count). The van der Waals surface area contributed by atoms with Crippen LogP contribution in [0, 0.1) is 0 Å². The molecule has 2 heterocycles. The van der Waals surface area contributed by atoms with Crippen LogP contribution in [0.25, 0.3) is 10.9 Å². The van der Waals surface area contributed by atoms with Gasteiger partial charge in [0, 0.05) is 41.6 Å². The number of hydrogen-bond acceptors (Lipinski definition) is 8. The normalized spacial score (nSPS) is 19.6. The third-order valence-electron chi connectivity index (χ3n) is 6.76. The van der Waals surface area contributed by atoms with Crippen molar-refractivity contribution in [3.8, 4) is 0 Å². The van der Waals surface area contributed by atoms with E-state index in [1.165, 1.54) is 0 Å². The third-order valence-corrected chi connectivity index (χ3v) is 9.27. The van der Waals surface area contributed by atoms with Gasteiger partial charge in [-0.25, -0.2) is 13.1 Å². The molecule has 1 aliphatic rings. The van der Waals surface area contributed by atoms with E-state index in [0.29, 0.717) is 17.7 Å². The largest absolute Gasteiger partial charge is 0.396 e. The first-order chi connectivity index (χ1) is 19.5. The van der Waals surface area contributed by atoms with Crippen molar-refractivity contribution in [1.29, 1.82) is 0 Å². The van der Waals surface area contributed by atoms with Crippen LogP contribution in [0.4, 0.5) is 0 Å². The summed E-state index contributed by atoms with van der Waals surface area (Å²) in [7, 11) is -3.77. The summed E-state index contributed by atoms with van der Waals surface area (Å²) in [5, 5.41) is 19.3. The number of benzene rings is 3. The van der Waals surface area contributed by atoms with Crippen LogP contribution >= 0.6 is 11.8 Å². The summed E-state index contributed by atoms with van der Waals surface area (Å²) in [6.45, 7) is 0.226. The van der Waals surface area contributed by atoms with Gasteiger partial charge in [-0.15, -0.1) is 0 Å². The number of fused-ring (bicyclic) bond motifs is 1. The predicted octanol–water partition coefficient (Wildman–Crippen LogP) is 4.48. The Hall–Kier alpha value is -2.83. The molecule has 3 N–H and O–H groups in total. The molecule has 0 aliphatic carbocycles. The Labute approximate surface area is 238 Å². The molecular formula is C30H32N2O6S2.